The third-order valence-electron chi connectivity index (χ3n) is 5.46. The van der Waals surface area contributed by atoms with Gasteiger partial charge in [0.25, 0.3) is 5.92 Å². The molecular formula is C20H24F3N9O. The number of rotatable bonds is 7. The maximum absolute atomic E-state index is 13.5. The average molecular weight is 463 g/mol. The average Bonchev–Trinajstić information content (AvgIpc) is 3.22. The second kappa shape index (κ2) is 7.90. The number of alkyl halides is 3. The van der Waals surface area contributed by atoms with Crippen LogP contribution in [0.3, 0.4) is 0 Å². The number of aryl methyl sites for hydroxylation is 2. The summed E-state index contributed by atoms with van der Waals surface area (Å²) in [5.74, 6) is -3.35. The Hall–Kier alpha value is -3.35. The minimum Gasteiger partial charge on any atom is -0.383 e. The molecule has 1 atom stereocenters. The minimum atomic E-state index is -3.47. The highest BCUT2D eigenvalue weighted by atomic mass is 19.3. The third-order valence-corrected chi connectivity index (χ3v) is 5.46. The van der Waals surface area contributed by atoms with E-state index in [4.69, 9.17) is 5.73 Å². The second-order valence-corrected chi connectivity index (χ2v) is 8.52. The molecule has 4 N–H and O–H groups in total. The van der Waals surface area contributed by atoms with Crippen molar-refractivity contribution in [1.29, 1.82) is 0 Å². The number of carbonyl (C=O) groups is 1. The molecule has 1 aliphatic rings. The van der Waals surface area contributed by atoms with E-state index in [0.29, 0.717) is 16.6 Å². The van der Waals surface area contributed by atoms with Crippen molar-refractivity contribution in [3.8, 4) is 11.5 Å². The number of carbonyl (C=O) groups excluding carboxylic acids is 1. The lowest BCUT2D eigenvalue weighted by atomic mass is 9.94. The summed E-state index contributed by atoms with van der Waals surface area (Å²) >= 11 is 0. The van der Waals surface area contributed by atoms with E-state index in [1.807, 2.05) is 13.8 Å². The maximum Gasteiger partial charge on any atom is 0.276 e. The van der Waals surface area contributed by atoms with Crippen molar-refractivity contribution in [2.24, 2.45) is 7.05 Å². The standard InChI is InChI=1S/C20H24F3N9O/c1-9(2)31-19(3)12-14(24)28-16(29-15(12)30-18(19)33)13-10-7-25-32(4)17(10)27-11(26-13)5-6-20(22,23)8-21/h7,9,31H,5-6,8H2,1-4H3,(H3,24,28,29,30,33). The molecule has 3 aromatic rings. The highest BCUT2D eigenvalue weighted by molar-refractivity contribution is 6.06. The first-order valence-electron chi connectivity index (χ1n) is 10.3. The zero-order valence-corrected chi connectivity index (χ0v) is 18.6. The number of hydrogen-bond acceptors (Lipinski definition) is 8. The van der Waals surface area contributed by atoms with Crippen LogP contribution in [0.5, 0.6) is 0 Å². The van der Waals surface area contributed by atoms with Crippen LogP contribution >= 0.6 is 0 Å². The molecule has 1 amide bonds. The molecule has 0 bridgehead atoms. The van der Waals surface area contributed by atoms with Gasteiger partial charge in [0.1, 0.15) is 28.7 Å². The molecule has 1 unspecified atom stereocenters. The van der Waals surface area contributed by atoms with Gasteiger partial charge in [-0.3, -0.25) is 14.8 Å². The number of halogens is 3. The van der Waals surface area contributed by atoms with Crippen LogP contribution in [0.2, 0.25) is 0 Å². The molecule has 0 saturated heterocycles. The monoisotopic (exact) mass is 463 g/mol. The van der Waals surface area contributed by atoms with E-state index >= 15 is 0 Å². The van der Waals surface area contributed by atoms with Gasteiger partial charge in [-0.05, 0) is 20.8 Å². The summed E-state index contributed by atoms with van der Waals surface area (Å²) in [5.41, 5.74) is 6.15. The number of nitrogens with zero attached hydrogens (tertiary/aromatic N) is 6. The molecule has 0 radical (unpaired) electrons. The molecule has 3 aromatic heterocycles. The van der Waals surface area contributed by atoms with Crippen molar-refractivity contribution in [2.45, 2.75) is 51.1 Å². The number of amides is 1. The highest BCUT2D eigenvalue weighted by Crippen LogP contribution is 2.39. The van der Waals surface area contributed by atoms with Crippen LogP contribution in [0.4, 0.5) is 24.8 Å². The fraction of sp³-hybridized carbons (Fsp3) is 0.500. The summed E-state index contributed by atoms with van der Waals surface area (Å²) in [7, 11) is 1.64. The van der Waals surface area contributed by atoms with Crippen molar-refractivity contribution < 1.29 is 18.0 Å². The molecule has 4 rings (SSSR count). The summed E-state index contributed by atoms with van der Waals surface area (Å²) in [4.78, 5) is 30.2. The molecule has 0 aromatic carbocycles. The first kappa shape index (κ1) is 22.8. The number of nitrogens with one attached hydrogen (secondary N) is 2. The van der Waals surface area contributed by atoms with Crippen molar-refractivity contribution in [1.82, 2.24) is 35.0 Å². The van der Waals surface area contributed by atoms with Gasteiger partial charge in [-0.25, -0.2) is 33.1 Å². The van der Waals surface area contributed by atoms with Gasteiger partial charge in [-0.1, -0.05) is 0 Å². The lowest BCUT2D eigenvalue weighted by molar-refractivity contribution is -0.121. The van der Waals surface area contributed by atoms with Gasteiger partial charge >= 0.3 is 0 Å². The van der Waals surface area contributed by atoms with Gasteiger partial charge in [-0.15, -0.1) is 0 Å². The lowest BCUT2D eigenvalue weighted by Crippen LogP contribution is -2.48. The van der Waals surface area contributed by atoms with E-state index in [0.717, 1.165) is 0 Å². The van der Waals surface area contributed by atoms with Gasteiger partial charge in [0.05, 0.1) is 17.1 Å². The number of fused-ring (bicyclic) bond motifs is 2. The van der Waals surface area contributed by atoms with Crippen LogP contribution in [0, 0.1) is 0 Å². The number of aromatic nitrogens is 6. The lowest BCUT2D eigenvalue weighted by Gasteiger charge is -2.26. The molecule has 0 fully saturated rings. The number of anilines is 2. The van der Waals surface area contributed by atoms with E-state index in [9.17, 15) is 18.0 Å². The normalized spacial score (nSPS) is 18.2. The predicted octanol–water partition coefficient (Wildman–Crippen LogP) is 2.11. The van der Waals surface area contributed by atoms with E-state index in [1.54, 1.807) is 14.0 Å². The first-order valence-corrected chi connectivity index (χ1v) is 10.3. The second-order valence-electron chi connectivity index (χ2n) is 8.52. The molecule has 1 aliphatic heterocycles. The fourth-order valence-electron chi connectivity index (χ4n) is 3.94. The molecular weight excluding hydrogens is 439 g/mol. The van der Waals surface area contributed by atoms with E-state index < -0.39 is 24.6 Å². The van der Waals surface area contributed by atoms with Gasteiger partial charge < -0.3 is 11.1 Å². The van der Waals surface area contributed by atoms with Gasteiger partial charge in [-0.2, -0.15) is 5.10 Å². The summed E-state index contributed by atoms with van der Waals surface area (Å²) in [6.45, 7) is 3.73. The smallest absolute Gasteiger partial charge is 0.276 e. The molecule has 176 valence electrons. The first-order chi connectivity index (χ1) is 15.4. The number of nitrogen functional groups attached to an aromatic ring is 1. The Kier molecular flexibility index (Phi) is 5.47. The fourth-order valence-corrected chi connectivity index (χ4v) is 3.94. The maximum atomic E-state index is 13.5. The van der Waals surface area contributed by atoms with E-state index in [2.05, 4.69) is 35.7 Å². The van der Waals surface area contributed by atoms with Crippen molar-refractivity contribution in [3.63, 3.8) is 0 Å². The van der Waals surface area contributed by atoms with Crippen molar-refractivity contribution in [2.75, 3.05) is 17.7 Å². The Morgan fingerprint density at radius 1 is 1.27 bits per heavy atom. The van der Waals surface area contributed by atoms with Gasteiger partial charge in [0.2, 0.25) is 5.91 Å². The van der Waals surface area contributed by atoms with E-state index in [1.165, 1.54) is 10.9 Å². The predicted molar refractivity (Wildman–Crippen MR) is 115 cm³/mol. The van der Waals surface area contributed by atoms with Crippen LogP contribution < -0.4 is 16.4 Å². The Balaban J connectivity index is 1.82. The Morgan fingerprint density at radius 2 is 2.00 bits per heavy atom. The topological polar surface area (TPSA) is 137 Å². The molecule has 33 heavy (non-hydrogen) atoms. The van der Waals surface area contributed by atoms with Crippen molar-refractivity contribution >= 4 is 28.6 Å². The Labute approximate surface area is 187 Å². The summed E-state index contributed by atoms with van der Waals surface area (Å²) in [6.07, 6.45) is 0.480. The summed E-state index contributed by atoms with van der Waals surface area (Å²) < 4.78 is 40.9. The van der Waals surface area contributed by atoms with E-state index in [-0.39, 0.29) is 47.3 Å². The Bertz CT molecular complexity index is 1240. The van der Waals surface area contributed by atoms with Crippen LogP contribution in [0.1, 0.15) is 38.6 Å². The molecule has 4 heterocycles. The van der Waals surface area contributed by atoms with Crippen LogP contribution in [-0.4, -0.2) is 54.3 Å². The Morgan fingerprint density at radius 3 is 2.67 bits per heavy atom. The number of nitrogens with two attached hydrogens (primary N) is 1. The van der Waals surface area contributed by atoms with Crippen LogP contribution in [0.25, 0.3) is 22.6 Å². The molecule has 0 spiro atoms. The molecule has 10 nitrogen and oxygen atoms in total. The third kappa shape index (κ3) is 3.96. The SMILES string of the molecule is CC(C)NC1(C)C(=O)Nc2nc(-c3nc(CCC(F)(F)CF)nc4c3cnn4C)nc(N)c21. The molecule has 0 saturated carbocycles. The van der Waals surface area contributed by atoms with Crippen molar-refractivity contribution in [3.05, 3.63) is 17.6 Å². The molecule has 13 heteroatoms. The summed E-state index contributed by atoms with van der Waals surface area (Å²) in [6, 6.07) is -0.0207. The quantitative estimate of drug-likeness (QED) is 0.485. The van der Waals surface area contributed by atoms with Crippen LogP contribution in [0.15, 0.2) is 6.20 Å². The largest absolute Gasteiger partial charge is 0.383 e. The van der Waals surface area contributed by atoms with Gasteiger partial charge in [0.15, 0.2) is 18.1 Å². The zero-order chi connectivity index (χ0) is 24.1. The minimum absolute atomic E-state index is 0.0207. The van der Waals surface area contributed by atoms with Gasteiger partial charge in [0, 0.05) is 25.9 Å². The number of hydrogen-bond donors (Lipinski definition) is 3. The molecule has 0 aliphatic carbocycles. The summed E-state index contributed by atoms with van der Waals surface area (Å²) in [5, 5.41) is 10.5. The van der Waals surface area contributed by atoms with Crippen LogP contribution in [-0.2, 0) is 23.8 Å². The highest BCUT2D eigenvalue weighted by Gasteiger charge is 2.46. The zero-order valence-electron chi connectivity index (χ0n) is 18.6.